The highest BCUT2D eigenvalue weighted by molar-refractivity contribution is 5.93. The first-order valence-electron chi connectivity index (χ1n) is 10.8. The van der Waals surface area contributed by atoms with Crippen LogP contribution in [0.25, 0.3) is 11.1 Å². The number of nitrogens with one attached hydrogen (secondary N) is 2. The molecule has 162 valence electrons. The maximum atomic E-state index is 12.5. The summed E-state index contributed by atoms with van der Waals surface area (Å²) in [4.78, 5) is 12.5. The summed E-state index contributed by atoms with van der Waals surface area (Å²) in [6.45, 7) is 5.46. The van der Waals surface area contributed by atoms with Gasteiger partial charge in [0.2, 0.25) is 5.91 Å². The molecule has 2 aromatic rings. The molecule has 2 heterocycles. The Hall–Kier alpha value is -2.38. The van der Waals surface area contributed by atoms with Gasteiger partial charge in [-0.05, 0) is 64.3 Å². The van der Waals surface area contributed by atoms with Gasteiger partial charge < -0.3 is 24.6 Å². The molecular weight excluding hydrogens is 382 g/mol. The number of hydrogen-bond donors (Lipinski definition) is 2. The Morgan fingerprint density at radius 2 is 2.17 bits per heavy atom. The van der Waals surface area contributed by atoms with Gasteiger partial charge in [0.15, 0.2) is 0 Å². The number of hydrogen-bond acceptors (Lipinski definition) is 6. The lowest BCUT2D eigenvalue weighted by Crippen LogP contribution is -2.38. The van der Waals surface area contributed by atoms with Crippen molar-refractivity contribution in [2.24, 2.45) is 0 Å². The maximum absolute atomic E-state index is 12.5. The van der Waals surface area contributed by atoms with Crippen LogP contribution in [0, 0.1) is 13.8 Å². The van der Waals surface area contributed by atoms with Gasteiger partial charge >= 0.3 is 0 Å². The number of carbonyl (C=O) groups is 1. The third kappa shape index (κ3) is 4.68. The number of anilines is 1. The Morgan fingerprint density at radius 3 is 2.80 bits per heavy atom. The van der Waals surface area contributed by atoms with Gasteiger partial charge in [-0.3, -0.25) is 4.79 Å². The van der Waals surface area contributed by atoms with Crippen LogP contribution in [0.5, 0.6) is 5.75 Å². The standard InChI is InChI=1S/C23H31N3O4/c1-15-22(16(2)30-26-15)19-12-17(25-21(27)13-23(28-3)9-10-23)7-8-20(19)29-14-18-6-4-5-11-24-18/h7-8,12,18,24H,4-6,9-11,13-14H2,1-3H3,(H,25,27). The summed E-state index contributed by atoms with van der Waals surface area (Å²) in [5, 5.41) is 10.6. The molecule has 1 unspecified atom stereocenters. The second-order valence-corrected chi connectivity index (χ2v) is 8.48. The average Bonchev–Trinajstić information content (AvgIpc) is 3.44. The third-order valence-corrected chi connectivity index (χ3v) is 6.14. The quantitative estimate of drug-likeness (QED) is 0.681. The topological polar surface area (TPSA) is 85.6 Å². The highest BCUT2D eigenvalue weighted by atomic mass is 16.5. The van der Waals surface area contributed by atoms with Gasteiger partial charge in [0.25, 0.3) is 0 Å². The van der Waals surface area contributed by atoms with E-state index < -0.39 is 0 Å². The Labute approximate surface area is 177 Å². The van der Waals surface area contributed by atoms with Crippen LogP contribution in [-0.2, 0) is 9.53 Å². The number of methoxy groups -OCH3 is 1. The van der Waals surface area contributed by atoms with Crippen LogP contribution in [0.4, 0.5) is 5.69 Å². The molecule has 1 aromatic heterocycles. The van der Waals surface area contributed by atoms with E-state index in [9.17, 15) is 4.79 Å². The van der Waals surface area contributed by atoms with Crippen molar-refractivity contribution in [3.8, 4) is 16.9 Å². The van der Waals surface area contributed by atoms with Crippen LogP contribution in [-0.4, -0.2) is 43.0 Å². The number of nitrogens with zero attached hydrogens (tertiary/aromatic N) is 1. The lowest BCUT2D eigenvalue weighted by atomic mass is 10.0. The van der Waals surface area contributed by atoms with E-state index in [-0.39, 0.29) is 11.5 Å². The molecule has 2 fully saturated rings. The minimum Gasteiger partial charge on any atom is -0.491 e. The van der Waals surface area contributed by atoms with Gasteiger partial charge in [-0.25, -0.2) is 0 Å². The van der Waals surface area contributed by atoms with E-state index in [4.69, 9.17) is 14.0 Å². The van der Waals surface area contributed by atoms with Gasteiger partial charge in [0.1, 0.15) is 18.1 Å². The lowest BCUT2D eigenvalue weighted by molar-refractivity contribution is -0.119. The molecule has 1 aliphatic carbocycles. The van der Waals surface area contributed by atoms with Crippen molar-refractivity contribution in [3.05, 3.63) is 29.7 Å². The van der Waals surface area contributed by atoms with Gasteiger partial charge in [-0.15, -0.1) is 0 Å². The Bertz CT molecular complexity index is 878. The van der Waals surface area contributed by atoms with Crippen molar-refractivity contribution in [2.45, 2.75) is 64.0 Å². The minimum atomic E-state index is -0.273. The SMILES string of the molecule is COC1(CC(=O)Nc2ccc(OCC3CCCCN3)c(-c3c(C)noc3C)c2)CC1. The number of ether oxygens (including phenoxy) is 2. The molecule has 4 rings (SSSR count). The van der Waals surface area contributed by atoms with Crippen LogP contribution >= 0.6 is 0 Å². The minimum absolute atomic E-state index is 0.0425. The molecule has 1 saturated heterocycles. The van der Waals surface area contributed by atoms with Crippen LogP contribution in [0.1, 0.15) is 50.0 Å². The second-order valence-electron chi connectivity index (χ2n) is 8.48. The zero-order chi connectivity index (χ0) is 21.1. The maximum Gasteiger partial charge on any atom is 0.227 e. The van der Waals surface area contributed by atoms with E-state index in [0.717, 1.165) is 59.8 Å². The van der Waals surface area contributed by atoms with E-state index in [0.29, 0.717) is 19.1 Å². The number of aromatic nitrogens is 1. The van der Waals surface area contributed by atoms with Gasteiger partial charge in [-0.1, -0.05) is 11.6 Å². The molecule has 30 heavy (non-hydrogen) atoms. The predicted octanol–water partition coefficient (Wildman–Crippen LogP) is 3.99. The molecule has 2 N–H and O–H groups in total. The molecule has 1 aliphatic heterocycles. The monoisotopic (exact) mass is 413 g/mol. The van der Waals surface area contributed by atoms with Crippen molar-refractivity contribution in [1.82, 2.24) is 10.5 Å². The highest BCUT2D eigenvalue weighted by Crippen LogP contribution is 2.42. The third-order valence-electron chi connectivity index (χ3n) is 6.14. The normalized spacial score (nSPS) is 20.0. The first-order valence-corrected chi connectivity index (χ1v) is 10.8. The summed E-state index contributed by atoms with van der Waals surface area (Å²) in [7, 11) is 1.67. The Morgan fingerprint density at radius 1 is 1.33 bits per heavy atom. The van der Waals surface area contributed by atoms with Gasteiger partial charge in [-0.2, -0.15) is 0 Å². The van der Waals surface area contributed by atoms with Crippen molar-refractivity contribution in [2.75, 3.05) is 25.6 Å². The zero-order valence-corrected chi connectivity index (χ0v) is 18.0. The van der Waals surface area contributed by atoms with E-state index in [2.05, 4.69) is 15.8 Å². The van der Waals surface area contributed by atoms with Crippen molar-refractivity contribution in [1.29, 1.82) is 0 Å². The molecule has 1 aromatic carbocycles. The summed E-state index contributed by atoms with van der Waals surface area (Å²) in [6, 6.07) is 6.11. The fourth-order valence-electron chi connectivity index (χ4n) is 4.14. The average molecular weight is 414 g/mol. The fraction of sp³-hybridized carbons (Fsp3) is 0.565. The van der Waals surface area contributed by atoms with E-state index in [1.165, 1.54) is 12.8 Å². The molecule has 0 spiro atoms. The lowest BCUT2D eigenvalue weighted by Gasteiger charge is -2.24. The number of rotatable bonds is 8. The molecule has 1 saturated carbocycles. The number of piperidine rings is 1. The molecule has 0 radical (unpaired) electrons. The summed E-state index contributed by atoms with van der Waals surface area (Å²) in [5.41, 5.74) is 3.05. The van der Waals surface area contributed by atoms with Crippen molar-refractivity contribution >= 4 is 11.6 Å². The second kappa shape index (κ2) is 8.78. The van der Waals surface area contributed by atoms with E-state index in [1.807, 2.05) is 32.0 Å². The predicted molar refractivity (Wildman–Crippen MR) is 115 cm³/mol. The van der Waals surface area contributed by atoms with E-state index in [1.54, 1.807) is 7.11 Å². The zero-order valence-electron chi connectivity index (χ0n) is 18.0. The van der Waals surface area contributed by atoms with Crippen LogP contribution in [0.2, 0.25) is 0 Å². The number of carbonyl (C=O) groups excluding carboxylic acids is 1. The van der Waals surface area contributed by atoms with Crippen molar-refractivity contribution < 1.29 is 18.8 Å². The Balaban J connectivity index is 1.54. The van der Waals surface area contributed by atoms with Gasteiger partial charge in [0, 0.05) is 24.4 Å². The van der Waals surface area contributed by atoms with Gasteiger partial charge in [0.05, 0.1) is 23.3 Å². The molecule has 1 amide bonds. The fourth-order valence-corrected chi connectivity index (χ4v) is 4.14. The highest BCUT2D eigenvalue weighted by Gasteiger charge is 2.44. The molecular formula is C23H31N3O4. The summed E-state index contributed by atoms with van der Waals surface area (Å²) < 4.78 is 17.1. The molecule has 7 heteroatoms. The summed E-state index contributed by atoms with van der Waals surface area (Å²) >= 11 is 0. The molecule has 1 atom stereocenters. The van der Waals surface area contributed by atoms with Crippen LogP contribution < -0.4 is 15.4 Å². The first-order chi connectivity index (χ1) is 14.5. The summed E-state index contributed by atoms with van der Waals surface area (Å²) in [6.07, 6.45) is 5.81. The first kappa shape index (κ1) is 20.9. The smallest absolute Gasteiger partial charge is 0.227 e. The van der Waals surface area contributed by atoms with Crippen molar-refractivity contribution in [3.63, 3.8) is 0 Å². The summed E-state index contributed by atoms with van der Waals surface area (Å²) in [5.74, 6) is 1.46. The molecule has 0 bridgehead atoms. The van der Waals surface area contributed by atoms with E-state index >= 15 is 0 Å². The number of amides is 1. The van der Waals surface area contributed by atoms with Crippen LogP contribution in [0.15, 0.2) is 22.7 Å². The number of aryl methyl sites for hydroxylation is 2. The Kier molecular flexibility index (Phi) is 6.11. The number of benzene rings is 1. The molecule has 2 aliphatic rings. The largest absolute Gasteiger partial charge is 0.491 e. The molecule has 7 nitrogen and oxygen atoms in total. The van der Waals surface area contributed by atoms with Crippen LogP contribution in [0.3, 0.4) is 0 Å².